The number of ether oxygens (including phenoxy) is 2. The molecule has 0 aliphatic rings. The summed E-state index contributed by atoms with van der Waals surface area (Å²) in [6.45, 7) is 4.23. The number of aliphatic hydroxyl groups excluding tert-OH is 1. The second-order valence-electron chi connectivity index (χ2n) is 4.10. The van der Waals surface area contributed by atoms with Crippen LogP contribution >= 0.6 is 0 Å². The van der Waals surface area contributed by atoms with Gasteiger partial charge >= 0.3 is 0 Å². The van der Waals surface area contributed by atoms with Crippen LogP contribution in [0.4, 0.5) is 0 Å². The molecule has 0 saturated heterocycles. The Balaban J connectivity index is 2.52. The summed E-state index contributed by atoms with van der Waals surface area (Å²) >= 11 is 0. The van der Waals surface area contributed by atoms with Crippen LogP contribution in [0.25, 0.3) is 0 Å². The lowest BCUT2D eigenvalue weighted by Crippen LogP contribution is -2.27. The van der Waals surface area contributed by atoms with E-state index in [1.807, 2.05) is 24.3 Å². The summed E-state index contributed by atoms with van der Waals surface area (Å²) in [6, 6.07) is 7.77. The maximum atomic E-state index is 9.35. The van der Waals surface area contributed by atoms with E-state index in [1.54, 1.807) is 7.11 Å². The second kappa shape index (κ2) is 8.91. The molecule has 0 aromatic heterocycles. The Kier molecular flexibility index (Phi) is 7.41. The first-order valence-electron chi connectivity index (χ1n) is 6.37. The monoisotopic (exact) mass is 253 g/mol. The Morgan fingerprint density at radius 1 is 1.22 bits per heavy atom. The van der Waals surface area contributed by atoms with Crippen LogP contribution in [-0.4, -0.2) is 38.6 Å². The molecule has 0 aliphatic heterocycles. The van der Waals surface area contributed by atoms with Crippen molar-refractivity contribution in [2.45, 2.75) is 19.4 Å². The number of hydrogen-bond acceptors (Lipinski definition) is 4. The van der Waals surface area contributed by atoms with Gasteiger partial charge in [0.2, 0.25) is 0 Å². The average Bonchev–Trinajstić information content (AvgIpc) is 2.42. The van der Waals surface area contributed by atoms with Crippen molar-refractivity contribution in [3.8, 4) is 5.75 Å². The summed E-state index contributed by atoms with van der Waals surface area (Å²) in [5.41, 5.74) is 1.05. The van der Waals surface area contributed by atoms with Gasteiger partial charge in [0.1, 0.15) is 5.75 Å². The van der Waals surface area contributed by atoms with Crippen LogP contribution < -0.4 is 10.1 Å². The van der Waals surface area contributed by atoms with E-state index in [2.05, 4.69) is 12.2 Å². The first-order chi connectivity index (χ1) is 8.81. The molecule has 1 unspecified atom stereocenters. The first kappa shape index (κ1) is 15.0. The van der Waals surface area contributed by atoms with Crippen molar-refractivity contribution in [2.24, 2.45) is 0 Å². The van der Waals surface area contributed by atoms with Crippen molar-refractivity contribution in [2.75, 3.05) is 33.5 Å². The summed E-state index contributed by atoms with van der Waals surface area (Å²) in [6.07, 6.45) is 1.000. The Hall–Kier alpha value is -1.10. The average molecular weight is 253 g/mol. The van der Waals surface area contributed by atoms with Crippen LogP contribution in [0.1, 0.15) is 24.9 Å². The van der Waals surface area contributed by atoms with Gasteiger partial charge in [-0.25, -0.2) is 0 Å². The van der Waals surface area contributed by atoms with Gasteiger partial charge in [0.25, 0.3) is 0 Å². The molecule has 1 atom stereocenters. The molecule has 1 aromatic rings. The van der Waals surface area contributed by atoms with E-state index < -0.39 is 0 Å². The summed E-state index contributed by atoms with van der Waals surface area (Å²) in [5, 5.41) is 12.6. The fourth-order valence-electron chi connectivity index (χ4n) is 1.64. The predicted molar refractivity (Wildman–Crippen MR) is 71.9 cm³/mol. The molecular weight excluding hydrogens is 230 g/mol. The molecule has 4 heteroatoms. The number of hydrogen-bond donors (Lipinski definition) is 2. The number of aliphatic hydroxyl groups is 1. The molecule has 102 valence electrons. The maximum absolute atomic E-state index is 9.35. The van der Waals surface area contributed by atoms with Crippen LogP contribution in [0.3, 0.4) is 0 Å². The Morgan fingerprint density at radius 2 is 1.94 bits per heavy atom. The normalized spacial score (nSPS) is 12.4. The standard InChI is InChI=1S/C14H23NO3/c1-3-9-18-13-6-4-12(5-7-13)14(11-16)15-8-10-17-2/h4-7,14-16H,3,8-11H2,1-2H3. The van der Waals surface area contributed by atoms with Crippen LogP contribution in [-0.2, 0) is 4.74 Å². The zero-order chi connectivity index (χ0) is 13.2. The first-order valence-corrected chi connectivity index (χ1v) is 6.37. The Bertz CT molecular complexity index is 313. The van der Waals surface area contributed by atoms with E-state index in [0.717, 1.165) is 30.9 Å². The molecule has 4 nitrogen and oxygen atoms in total. The zero-order valence-corrected chi connectivity index (χ0v) is 11.2. The number of methoxy groups -OCH3 is 1. The highest BCUT2D eigenvalue weighted by Crippen LogP contribution is 2.17. The van der Waals surface area contributed by atoms with Crippen molar-refractivity contribution in [1.29, 1.82) is 0 Å². The maximum Gasteiger partial charge on any atom is 0.119 e. The molecule has 0 fully saturated rings. The lowest BCUT2D eigenvalue weighted by atomic mass is 10.1. The van der Waals surface area contributed by atoms with Crippen molar-refractivity contribution < 1.29 is 14.6 Å². The molecular formula is C14H23NO3. The molecule has 0 aliphatic carbocycles. The van der Waals surface area contributed by atoms with E-state index in [-0.39, 0.29) is 12.6 Å². The minimum absolute atomic E-state index is 0.0552. The van der Waals surface area contributed by atoms with Gasteiger partial charge in [-0.2, -0.15) is 0 Å². The smallest absolute Gasteiger partial charge is 0.119 e. The van der Waals surface area contributed by atoms with Gasteiger partial charge in [-0.15, -0.1) is 0 Å². The van der Waals surface area contributed by atoms with E-state index in [9.17, 15) is 5.11 Å². The molecule has 0 bridgehead atoms. The van der Waals surface area contributed by atoms with Gasteiger partial charge in [-0.3, -0.25) is 0 Å². The highest BCUT2D eigenvalue weighted by Gasteiger charge is 2.09. The largest absolute Gasteiger partial charge is 0.494 e. The topological polar surface area (TPSA) is 50.7 Å². The molecule has 0 radical (unpaired) electrons. The molecule has 0 saturated carbocycles. The Morgan fingerprint density at radius 3 is 2.50 bits per heavy atom. The van der Waals surface area contributed by atoms with E-state index in [1.165, 1.54) is 0 Å². The lowest BCUT2D eigenvalue weighted by molar-refractivity contribution is 0.184. The highest BCUT2D eigenvalue weighted by molar-refractivity contribution is 5.29. The van der Waals surface area contributed by atoms with Gasteiger partial charge in [0, 0.05) is 13.7 Å². The van der Waals surface area contributed by atoms with Gasteiger partial charge < -0.3 is 19.9 Å². The Labute approximate surface area is 109 Å². The SMILES string of the molecule is CCCOc1ccc(C(CO)NCCOC)cc1. The minimum atomic E-state index is -0.0552. The van der Waals surface area contributed by atoms with Crippen molar-refractivity contribution >= 4 is 0 Å². The highest BCUT2D eigenvalue weighted by atomic mass is 16.5. The molecule has 0 spiro atoms. The van der Waals surface area contributed by atoms with E-state index in [4.69, 9.17) is 9.47 Å². The number of benzene rings is 1. The number of nitrogens with one attached hydrogen (secondary N) is 1. The molecule has 0 amide bonds. The minimum Gasteiger partial charge on any atom is -0.494 e. The third kappa shape index (κ3) is 5.04. The molecule has 2 N–H and O–H groups in total. The van der Waals surface area contributed by atoms with Gasteiger partial charge in [-0.1, -0.05) is 19.1 Å². The van der Waals surface area contributed by atoms with Crippen molar-refractivity contribution in [3.63, 3.8) is 0 Å². The summed E-state index contributed by atoms with van der Waals surface area (Å²) in [7, 11) is 1.66. The quantitative estimate of drug-likeness (QED) is 0.658. The van der Waals surface area contributed by atoms with E-state index in [0.29, 0.717) is 6.61 Å². The molecule has 1 rings (SSSR count). The van der Waals surface area contributed by atoms with Crippen LogP contribution in [0.2, 0.25) is 0 Å². The van der Waals surface area contributed by atoms with E-state index >= 15 is 0 Å². The fraction of sp³-hybridized carbons (Fsp3) is 0.571. The molecule has 0 heterocycles. The summed E-state index contributed by atoms with van der Waals surface area (Å²) in [4.78, 5) is 0. The molecule has 18 heavy (non-hydrogen) atoms. The van der Waals surface area contributed by atoms with Crippen molar-refractivity contribution in [1.82, 2.24) is 5.32 Å². The number of rotatable bonds is 9. The fourth-order valence-corrected chi connectivity index (χ4v) is 1.64. The van der Waals surface area contributed by atoms with Crippen LogP contribution in [0.15, 0.2) is 24.3 Å². The molecule has 1 aromatic carbocycles. The third-order valence-corrected chi connectivity index (χ3v) is 2.63. The van der Waals surface area contributed by atoms with Gasteiger partial charge in [0.05, 0.1) is 25.9 Å². The lowest BCUT2D eigenvalue weighted by Gasteiger charge is -2.17. The zero-order valence-electron chi connectivity index (χ0n) is 11.2. The van der Waals surface area contributed by atoms with Gasteiger partial charge in [-0.05, 0) is 24.1 Å². The van der Waals surface area contributed by atoms with Crippen LogP contribution in [0.5, 0.6) is 5.75 Å². The third-order valence-electron chi connectivity index (χ3n) is 2.63. The van der Waals surface area contributed by atoms with Gasteiger partial charge in [0.15, 0.2) is 0 Å². The summed E-state index contributed by atoms with van der Waals surface area (Å²) < 4.78 is 10.5. The second-order valence-corrected chi connectivity index (χ2v) is 4.10. The predicted octanol–water partition coefficient (Wildman–Crippen LogP) is 1.74. The van der Waals surface area contributed by atoms with Crippen molar-refractivity contribution in [3.05, 3.63) is 29.8 Å². The van der Waals surface area contributed by atoms with Crippen LogP contribution in [0, 0.1) is 0 Å². The summed E-state index contributed by atoms with van der Waals surface area (Å²) in [5.74, 6) is 0.870.